The van der Waals surface area contributed by atoms with E-state index in [0.717, 1.165) is 54.0 Å². The van der Waals surface area contributed by atoms with Crippen molar-refractivity contribution in [1.82, 2.24) is 4.90 Å². The number of methoxy groups -OCH3 is 2. The first kappa shape index (κ1) is 19.6. The molecule has 2 N–H and O–H groups in total. The second kappa shape index (κ2) is 9.68. The first-order chi connectivity index (χ1) is 12.0. The number of nitrogen functional groups attached to an aromatic ring is 1. The number of anilines is 1. The van der Waals surface area contributed by atoms with Gasteiger partial charge in [-0.2, -0.15) is 0 Å². The van der Waals surface area contributed by atoms with Crippen LogP contribution in [-0.4, -0.2) is 39.3 Å². The van der Waals surface area contributed by atoms with E-state index in [9.17, 15) is 0 Å². The number of hydrogen-bond acceptors (Lipinski definition) is 4. The minimum absolute atomic E-state index is 0.772. The van der Waals surface area contributed by atoms with E-state index in [1.165, 1.54) is 11.1 Å². The Morgan fingerprint density at radius 1 is 0.920 bits per heavy atom. The average molecular weight is 407 g/mol. The molecule has 0 aliphatic rings. The van der Waals surface area contributed by atoms with E-state index in [1.807, 2.05) is 12.1 Å². The number of nitrogens with two attached hydrogens (primary N) is 1. The second-order valence-electron chi connectivity index (χ2n) is 6.20. The van der Waals surface area contributed by atoms with Gasteiger partial charge in [-0.3, -0.25) is 0 Å². The zero-order chi connectivity index (χ0) is 18.2. The molecule has 0 amide bonds. The lowest BCUT2D eigenvalue weighted by atomic mass is 10.1. The third kappa shape index (κ3) is 5.94. The van der Waals surface area contributed by atoms with Gasteiger partial charge in [-0.25, -0.2) is 0 Å². The van der Waals surface area contributed by atoms with E-state index in [4.69, 9.17) is 15.2 Å². The van der Waals surface area contributed by atoms with Crippen molar-refractivity contribution in [2.45, 2.75) is 19.3 Å². The summed E-state index contributed by atoms with van der Waals surface area (Å²) in [6.45, 7) is 2.08. The lowest BCUT2D eigenvalue weighted by molar-refractivity contribution is 0.332. The smallest absolute Gasteiger partial charge is 0.160 e. The minimum atomic E-state index is 0.772. The van der Waals surface area contributed by atoms with Gasteiger partial charge in [-0.15, -0.1) is 0 Å². The summed E-state index contributed by atoms with van der Waals surface area (Å²) in [5.41, 5.74) is 9.19. The lowest BCUT2D eigenvalue weighted by Gasteiger charge is -2.17. The largest absolute Gasteiger partial charge is 0.493 e. The lowest BCUT2D eigenvalue weighted by Crippen LogP contribution is -2.22. The first-order valence-electron chi connectivity index (χ1n) is 8.47. The highest BCUT2D eigenvalue weighted by atomic mass is 79.9. The normalized spacial score (nSPS) is 10.9. The molecule has 25 heavy (non-hydrogen) atoms. The van der Waals surface area contributed by atoms with Gasteiger partial charge < -0.3 is 20.1 Å². The molecule has 0 aliphatic heterocycles. The summed E-state index contributed by atoms with van der Waals surface area (Å²) in [6, 6.07) is 12.3. The Balaban J connectivity index is 1.76. The molecular weight excluding hydrogens is 380 g/mol. The molecule has 2 rings (SSSR count). The van der Waals surface area contributed by atoms with Crippen LogP contribution in [0.15, 0.2) is 40.9 Å². The van der Waals surface area contributed by atoms with Crippen molar-refractivity contribution in [1.29, 1.82) is 0 Å². The summed E-state index contributed by atoms with van der Waals surface area (Å²) < 4.78 is 11.6. The number of nitrogens with zero attached hydrogens (tertiary/aromatic N) is 1. The molecule has 4 nitrogen and oxygen atoms in total. The van der Waals surface area contributed by atoms with Crippen molar-refractivity contribution >= 4 is 21.6 Å². The van der Waals surface area contributed by atoms with Crippen molar-refractivity contribution in [2.75, 3.05) is 40.1 Å². The molecule has 0 bridgehead atoms. The number of benzene rings is 2. The fourth-order valence-corrected chi connectivity index (χ4v) is 3.17. The molecule has 0 spiro atoms. The molecule has 0 fully saturated rings. The fraction of sp³-hybridized carbons (Fsp3) is 0.400. The standard InChI is InChI=1S/C20H27BrN2O2/c1-23(11-4-5-15-6-8-18(22)17(21)13-15)12-10-16-7-9-19(24-2)20(14-16)25-3/h6-9,13-14H,4-5,10-12,22H2,1-3H3. The number of hydrogen-bond donors (Lipinski definition) is 1. The van der Waals surface area contributed by atoms with Crippen LogP contribution in [-0.2, 0) is 12.8 Å². The molecule has 2 aromatic carbocycles. The molecule has 0 saturated carbocycles. The van der Waals surface area contributed by atoms with Crippen LogP contribution in [0.1, 0.15) is 17.5 Å². The van der Waals surface area contributed by atoms with Crippen molar-refractivity contribution < 1.29 is 9.47 Å². The average Bonchev–Trinajstić information content (AvgIpc) is 2.62. The molecule has 0 atom stereocenters. The molecule has 0 aliphatic carbocycles. The highest BCUT2D eigenvalue weighted by Crippen LogP contribution is 2.27. The van der Waals surface area contributed by atoms with Gasteiger partial charge in [0.25, 0.3) is 0 Å². The van der Waals surface area contributed by atoms with Gasteiger partial charge in [0.2, 0.25) is 0 Å². The molecule has 0 heterocycles. The Labute approximate surface area is 159 Å². The van der Waals surface area contributed by atoms with Gasteiger partial charge in [-0.05, 0) is 84.2 Å². The summed E-state index contributed by atoms with van der Waals surface area (Å²) in [7, 11) is 5.49. The first-order valence-corrected chi connectivity index (χ1v) is 9.26. The van der Waals surface area contributed by atoms with Crippen LogP contribution in [0.3, 0.4) is 0 Å². The summed E-state index contributed by atoms with van der Waals surface area (Å²) in [5, 5.41) is 0. The van der Waals surface area contributed by atoms with Gasteiger partial charge in [0.15, 0.2) is 11.5 Å². The van der Waals surface area contributed by atoms with Gasteiger partial charge in [0.05, 0.1) is 14.2 Å². The molecular formula is C20H27BrN2O2. The van der Waals surface area contributed by atoms with Gasteiger partial charge >= 0.3 is 0 Å². The predicted octanol–water partition coefficient (Wildman–Crippen LogP) is 4.16. The molecule has 0 unspecified atom stereocenters. The summed E-state index contributed by atoms with van der Waals surface area (Å²) in [5.74, 6) is 1.56. The number of rotatable bonds is 9. The van der Waals surface area contributed by atoms with E-state index in [2.05, 4.69) is 52.1 Å². The highest BCUT2D eigenvalue weighted by Gasteiger charge is 2.06. The topological polar surface area (TPSA) is 47.7 Å². The summed E-state index contributed by atoms with van der Waals surface area (Å²) in [6.07, 6.45) is 3.17. The van der Waals surface area contributed by atoms with E-state index in [0.29, 0.717) is 0 Å². The Morgan fingerprint density at radius 3 is 2.28 bits per heavy atom. The Kier molecular flexibility index (Phi) is 7.59. The number of aryl methyl sites for hydroxylation is 1. The zero-order valence-electron chi connectivity index (χ0n) is 15.2. The third-order valence-corrected chi connectivity index (χ3v) is 4.99. The third-order valence-electron chi connectivity index (χ3n) is 4.30. The molecule has 0 aromatic heterocycles. The maximum atomic E-state index is 5.83. The monoisotopic (exact) mass is 406 g/mol. The maximum Gasteiger partial charge on any atom is 0.160 e. The summed E-state index contributed by atoms with van der Waals surface area (Å²) >= 11 is 3.48. The van der Waals surface area contributed by atoms with E-state index in [-0.39, 0.29) is 0 Å². The summed E-state index contributed by atoms with van der Waals surface area (Å²) in [4.78, 5) is 2.36. The van der Waals surface area contributed by atoms with Gasteiger partial charge in [0, 0.05) is 16.7 Å². The number of likely N-dealkylation sites (N-methyl/N-ethyl adjacent to an activating group) is 1. The van der Waals surface area contributed by atoms with Crippen molar-refractivity contribution in [3.63, 3.8) is 0 Å². The van der Waals surface area contributed by atoms with Crippen molar-refractivity contribution in [3.8, 4) is 11.5 Å². The minimum Gasteiger partial charge on any atom is -0.493 e. The van der Waals surface area contributed by atoms with Crippen LogP contribution < -0.4 is 15.2 Å². The highest BCUT2D eigenvalue weighted by molar-refractivity contribution is 9.10. The van der Waals surface area contributed by atoms with Crippen LogP contribution in [0.4, 0.5) is 5.69 Å². The van der Waals surface area contributed by atoms with Gasteiger partial charge in [-0.1, -0.05) is 12.1 Å². The predicted molar refractivity (Wildman–Crippen MR) is 108 cm³/mol. The quantitative estimate of drug-likeness (QED) is 0.635. The maximum absolute atomic E-state index is 5.83. The number of halogens is 1. The van der Waals surface area contributed by atoms with E-state index < -0.39 is 0 Å². The van der Waals surface area contributed by atoms with Crippen LogP contribution in [0.2, 0.25) is 0 Å². The fourth-order valence-electron chi connectivity index (χ4n) is 2.75. The molecule has 5 heteroatoms. The Bertz CT molecular complexity index is 691. The number of ether oxygens (including phenoxy) is 2. The van der Waals surface area contributed by atoms with Crippen molar-refractivity contribution in [2.24, 2.45) is 0 Å². The van der Waals surface area contributed by atoms with E-state index in [1.54, 1.807) is 14.2 Å². The van der Waals surface area contributed by atoms with Gasteiger partial charge in [0.1, 0.15) is 0 Å². The zero-order valence-corrected chi connectivity index (χ0v) is 16.8. The second-order valence-corrected chi connectivity index (χ2v) is 7.06. The van der Waals surface area contributed by atoms with Crippen LogP contribution in [0, 0.1) is 0 Å². The molecule has 2 aromatic rings. The van der Waals surface area contributed by atoms with Crippen molar-refractivity contribution in [3.05, 3.63) is 52.0 Å². The van der Waals surface area contributed by atoms with Crippen LogP contribution >= 0.6 is 15.9 Å². The molecule has 0 saturated heterocycles. The SMILES string of the molecule is COc1ccc(CCN(C)CCCc2ccc(N)c(Br)c2)cc1OC. The Morgan fingerprint density at radius 2 is 1.60 bits per heavy atom. The molecule has 0 radical (unpaired) electrons. The Hall–Kier alpha value is -1.72. The van der Waals surface area contributed by atoms with Crippen LogP contribution in [0.25, 0.3) is 0 Å². The van der Waals surface area contributed by atoms with Crippen LogP contribution in [0.5, 0.6) is 11.5 Å². The molecule has 136 valence electrons. The van der Waals surface area contributed by atoms with E-state index >= 15 is 0 Å².